The Hall–Kier alpha value is -3.92. The summed E-state index contributed by atoms with van der Waals surface area (Å²) in [5.41, 5.74) is 2.62. The minimum Gasteiger partial charge on any atom is -0.337 e. The van der Waals surface area contributed by atoms with Crippen LogP contribution in [-0.2, 0) is 15.6 Å². The number of anilines is 2. The van der Waals surface area contributed by atoms with Gasteiger partial charge in [-0.05, 0) is 36.8 Å². The Kier molecular flexibility index (Phi) is 5.30. The lowest BCUT2D eigenvalue weighted by atomic mass is 10.2. The quantitative estimate of drug-likeness (QED) is 0.356. The van der Waals surface area contributed by atoms with E-state index in [-0.39, 0.29) is 22.1 Å². The molecule has 156 valence electrons. The van der Waals surface area contributed by atoms with E-state index in [0.29, 0.717) is 16.7 Å². The third kappa shape index (κ3) is 4.33. The molecular formula is C21H17N5O4S. The van der Waals surface area contributed by atoms with E-state index in [1.807, 2.05) is 19.1 Å². The van der Waals surface area contributed by atoms with Gasteiger partial charge in [-0.25, -0.2) is 18.4 Å². The van der Waals surface area contributed by atoms with Gasteiger partial charge in [-0.1, -0.05) is 18.2 Å². The van der Waals surface area contributed by atoms with Crippen LogP contribution >= 0.6 is 0 Å². The lowest BCUT2D eigenvalue weighted by Crippen LogP contribution is -2.11. The molecule has 0 saturated heterocycles. The van der Waals surface area contributed by atoms with Gasteiger partial charge in [0.25, 0.3) is 5.69 Å². The standard InChI is InChI=1S/C21H17N5O4S/c1-14-9-10-22-12-19(14)25-21-20(23-17-7-2-3-8-18(17)24-21)13-31(29,30)16-6-4-5-15(11-16)26(27)28/h2-12H,13H2,1H3,(H,24,25). The lowest BCUT2D eigenvalue weighted by molar-refractivity contribution is -0.385. The summed E-state index contributed by atoms with van der Waals surface area (Å²) in [6, 6.07) is 13.9. The monoisotopic (exact) mass is 435 g/mol. The number of rotatable bonds is 6. The predicted octanol–water partition coefficient (Wildman–Crippen LogP) is 3.96. The van der Waals surface area contributed by atoms with Crippen molar-refractivity contribution in [1.29, 1.82) is 0 Å². The van der Waals surface area contributed by atoms with Gasteiger partial charge in [-0.2, -0.15) is 0 Å². The molecule has 0 radical (unpaired) electrons. The Morgan fingerprint density at radius 1 is 1.03 bits per heavy atom. The van der Waals surface area contributed by atoms with Crippen LogP contribution in [0.2, 0.25) is 0 Å². The number of nitrogens with zero attached hydrogens (tertiary/aromatic N) is 4. The highest BCUT2D eigenvalue weighted by Crippen LogP contribution is 2.27. The molecule has 9 nitrogen and oxygen atoms in total. The first-order valence-electron chi connectivity index (χ1n) is 9.24. The minimum atomic E-state index is -3.93. The molecule has 0 bridgehead atoms. The zero-order valence-corrected chi connectivity index (χ0v) is 17.2. The summed E-state index contributed by atoms with van der Waals surface area (Å²) in [6.07, 6.45) is 3.27. The second-order valence-electron chi connectivity index (χ2n) is 6.84. The third-order valence-electron chi connectivity index (χ3n) is 4.65. The van der Waals surface area contributed by atoms with Crippen molar-refractivity contribution in [3.63, 3.8) is 0 Å². The summed E-state index contributed by atoms with van der Waals surface area (Å²) in [5.74, 6) is -0.197. The molecule has 4 aromatic rings. The molecule has 4 rings (SSSR count). The number of benzene rings is 2. The minimum absolute atomic E-state index is 0.153. The van der Waals surface area contributed by atoms with Crippen molar-refractivity contribution in [3.8, 4) is 0 Å². The highest BCUT2D eigenvalue weighted by Gasteiger charge is 2.22. The largest absolute Gasteiger partial charge is 0.337 e. The Labute approximate surface area is 177 Å². The number of aryl methyl sites for hydroxylation is 1. The molecule has 0 atom stereocenters. The first kappa shape index (κ1) is 20.4. The molecule has 2 aromatic carbocycles. The van der Waals surface area contributed by atoms with Gasteiger partial charge < -0.3 is 5.32 Å². The fourth-order valence-corrected chi connectivity index (χ4v) is 4.33. The van der Waals surface area contributed by atoms with Crippen LogP contribution in [0.3, 0.4) is 0 Å². The first-order chi connectivity index (χ1) is 14.8. The first-order valence-corrected chi connectivity index (χ1v) is 10.9. The number of fused-ring (bicyclic) bond motifs is 1. The molecule has 0 aliphatic heterocycles. The van der Waals surface area contributed by atoms with E-state index >= 15 is 0 Å². The Bertz CT molecular complexity index is 1410. The van der Waals surface area contributed by atoms with Gasteiger partial charge in [0.2, 0.25) is 0 Å². The van der Waals surface area contributed by atoms with Crippen LogP contribution in [0.25, 0.3) is 11.0 Å². The second kappa shape index (κ2) is 8.07. The van der Waals surface area contributed by atoms with Gasteiger partial charge in [0, 0.05) is 18.3 Å². The fraction of sp³-hybridized carbons (Fsp3) is 0.0952. The van der Waals surface area contributed by atoms with Gasteiger partial charge in [-0.3, -0.25) is 15.1 Å². The topological polar surface area (TPSA) is 128 Å². The SMILES string of the molecule is Cc1ccncc1Nc1nc2ccccc2nc1CS(=O)(=O)c1cccc([N+](=O)[O-])c1. The van der Waals surface area contributed by atoms with E-state index in [4.69, 9.17) is 0 Å². The number of pyridine rings is 1. The number of para-hydroxylation sites is 2. The molecule has 0 aliphatic rings. The Morgan fingerprint density at radius 3 is 2.48 bits per heavy atom. The van der Waals surface area contributed by atoms with Gasteiger partial charge in [-0.15, -0.1) is 0 Å². The molecule has 31 heavy (non-hydrogen) atoms. The number of nitro benzene ring substituents is 1. The van der Waals surface area contributed by atoms with Gasteiger partial charge in [0.1, 0.15) is 5.75 Å². The lowest BCUT2D eigenvalue weighted by Gasteiger charge is -2.13. The molecule has 10 heteroatoms. The maximum atomic E-state index is 13.1. The molecule has 0 spiro atoms. The molecular weight excluding hydrogens is 418 g/mol. The van der Waals surface area contributed by atoms with Crippen molar-refractivity contribution in [1.82, 2.24) is 15.0 Å². The van der Waals surface area contributed by atoms with Crippen molar-refractivity contribution < 1.29 is 13.3 Å². The normalized spacial score (nSPS) is 11.4. The average Bonchev–Trinajstić information content (AvgIpc) is 2.75. The van der Waals surface area contributed by atoms with Crippen LogP contribution < -0.4 is 5.32 Å². The van der Waals surface area contributed by atoms with Crippen LogP contribution in [0.15, 0.2) is 71.9 Å². The summed E-state index contributed by atoms with van der Waals surface area (Å²) in [4.78, 5) is 23.4. The molecule has 0 unspecified atom stereocenters. The zero-order chi connectivity index (χ0) is 22.0. The number of non-ortho nitro benzene ring substituents is 1. The summed E-state index contributed by atoms with van der Waals surface area (Å²) in [6.45, 7) is 1.89. The second-order valence-corrected chi connectivity index (χ2v) is 8.83. The number of hydrogen-bond donors (Lipinski definition) is 1. The highest BCUT2D eigenvalue weighted by molar-refractivity contribution is 7.90. The van der Waals surface area contributed by atoms with E-state index in [1.54, 1.807) is 30.6 Å². The third-order valence-corrected chi connectivity index (χ3v) is 6.27. The molecule has 0 fully saturated rings. The van der Waals surface area contributed by atoms with E-state index in [9.17, 15) is 18.5 Å². The molecule has 2 aromatic heterocycles. The Morgan fingerprint density at radius 2 is 1.77 bits per heavy atom. The highest BCUT2D eigenvalue weighted by atomic mass is 32.2. The zero-order valence-electron chi connectivity index (χ0n) is 16.4. The van der Waals surface area contributed by atoms with E-state index in [1.165, 1.54) is 18.2 Å². The van der Waals surface area contributed by atoms with Crippen LogP contribution in [-0.4, -0.2) is 28.3 Å². The van der Waals surface area contributed by atoms with Crippen molar-refractivity contribution in [3.05, 3.63) is 88.4 Å². The van der Waals surface area contributed by atoms with Crippen molar-refractivity contribution >= 4 is 38.1 Å². The average molecular weight is 435 g/mol. The molecule has 0 aliphatic carbocycles. The number of nitro groups is 1. The van der Waals surface area contributed by atoms with Gasteiger partial charge in [0.15, 0.2) is 15.7 Å². The van der Waals surface area contributed by atoms with Crippen molar-refractivity contribution in [2.75, 3.05) is 5.32 Å². The smallest absolute Gasteiger partial charge is 0.270 e. The maximum Gasteiger partial charge on any atom is 0.270 e. The van der Waals surface area contributed by atoms with Crippen molar-refractivity contribution in [2.24, 2.45) is 0 Å². The summed E-state index contributed by atoms with van der Waals surface area (Å²) < 4.78 is 26.1. The predicted molar refractivity (Wildman–Crippen MR) is 116 cm³/mol. The van der Waals surface area contributed by atoms with Crippen LogP contribution in [0.4, 0.5) is 17.2 Å². The molecule has 2 heterocycles. The number of aromatic nitrogens is 3. The summed E-state index contributed by atoms with van der Waals surface area (Å²) in [5, 5.41) is 14.2. The maximum absolute atomic E-state index is 13.1. The van der Waals surface area contributed by atoms with E-state index in [2.05, 4.69) is 20.3 Å². The van der Waals surface area contributed by atoms with Gasteiger partial charge >= 0.3 is 0 Å². The van der Waals surface area contributed by atoms with E-state index in [0.717, 1.165) is 11.6 Å². The van der Waals surface area contributed by atoms with E-state index < -0.39 is 20.5 Å². The Balaban J connectivity index is 1.79. The number of hydrogen-bond acceptors (Lipinski definition) is 8. The number of nitrogens with one attached hydrogen (secondary N) is 1. The fourth-order valence-electron chi connectivity index (χ4n) is 3.01. The van der Waals surface area contributed by atoms with Crippen LogP contribution in [0.5, 0.6) is 0 Å². The molecule has 0 amide bonds. The van der Waals surface area contributed by atoms with Crippen molar-refractivity contribution in [2.45, 2.75) is 17.6 Å². The summed E-state index contributed by atoms with van der Waals surface area (Å²) >= 11 is 0. The van der Waals surface area contributed by atoms with Crippen LogP contribution in [0.1, 0.15) is 11.3 Å². The van der Waals surface area contributed by atoms with Gasteiger partial charge in [0.05, 0.1) is 38.4 Å². The molecule has 1 N–H and O–H groups in total. The summed E-state index contributed by atoms with van der Waals surface area (Å²) in [7, 11) is -3.93. The number of sulfone groups is 1. The van der Waals surface area contributed by atoms with Crippen LogP contribution in [0, 0.1) is 17.0 Å². The molecule has 0 saturated carbocycles.